The highest BCUT2D eigenvalue weighted by Gasteiger charge is 2.26. The molecule has 2 aromatic heterocycles. The van der Waals surface area contributed by atoms with Gasteiger partial charge in [-0.15, -0.1) is 0 Å². The standard InChI is InChI=1S/C21H23N3O/c1-15-6-5-7-18(14-15)20-19-8-3-4-11-24(19)21(22-20)17-9-12-23(13-10-17)16(2)25/h3-8,11,14,17H,9-10,12-13H2,1-2H3. The molecular weight excluding hydrogens is 310 g/mol. The second-order valence-electron chi connectivity index (χ2n) is 6.92. The van der Waals surface area contributed by atoms with Gasteiger partial charge < -0.3 is 9.30 Å². The molecule has 1 amide bonds. The summed E-state index contributed by atoms with van der Waals surface area (Å²) in [4.78, 5) is 18.6. The Bertz CT molecular complexity index is 920. The molecule has 1 aromatic carbocycles. The number of amides is 1. The van der Waals surface area contributed by atoms with Crippen LogP contribution in [-0.4, -0.2) is 33.3 Å². The van der Waals surface area contributed by atoms with Gasteiger partial charge in [0.15, 0.2) is 0 Å². The molecule has 0 atom stereocenters. The summed E-state index contributed by atoms with van der Waals surface area (Å²) in [5.74, 6) is 1.69. The van der Waals surface area contributed by atoms with Gasteiger partial charge in [0.2, 0.25) is 5.91 Å². The fourth-order valence-corrected chi connectivity index (χ4v) is 3.81. The van der Waals surface area contributed by atoms with Crippen molar-refractivity contribution in [3.05, 3.63) is 60.0 Å². The molecule has 4 heteroatoms. The minimum atomic E-state index is 0.173. The third-order valence-corrected chi connectivity index (χ3v) is 5.17. The molecule has 3 heterocycles. The van der Waals surface area contributed by atoms with Crippen LogP contribution in [0.5, 0.6) is 0 Å². The van der Waals surface area contributed by atoms with Crippen molar-refractivity contribution in [3.63, 3.8) is 0 Å². The van der Waals surface area contributed by atoms with E-state index in [2.05, 4.69) is 60.0 Å². The van der Waals surface area contributed by atoms with Gasteiger partial charge in [-0.05, 0) is 38.0 Å². The van der Waals surface area contributed by atoms with Crippen molar-refractivity contribution >= 4 is 11.4 Å². The van der Waals surface area contributed by atoms with Gasteiger partial charge in [0.05, 0.1) is 11.2 Å². The zero-order valence-electron chi connectivity index (χ0n) is 14.8. The lowest BCUT2D eigenvalue weighted by Crippen LogP contribution is -2.36. The molecule has 25 heavy (non-hydrogen) atoms. The fraction of sp³-hybridized carbons (Fsp3) is 0.333. The Morgan fingerprint density at radius 2 is 1.92 bits per heavy atom. The van der Waals surface area contributed by atoms with Crippen LogP contribution in [0.1, 0.15) is 37.1 Å². The minimum Gasteiger partial charge on any atom is -0.343 e. The molecule has 0 N–H and O–H groups in total. The van der Waals surface area contributed by atoms with Crippen molar-refractivity contribution in [2.24, 2.45) is 0 Å². The van der Waals surface area contributed by atoms with Crippen LogP contribution in [0, 0.1) is 6.92 Å². The van der Waals surface area contributed by atoms with E-state index in [1.54, 1.807) is 6.92 Å². The maximum absolute atomic E-state index is 11.6. The van der Waals surface area contributed by atoms with Crippen LogP contribution in [0.25, 0.3) is 16.8 Å². The molecule has 0 spiro atoms. The van der Waals surface area contributed by atoms with Crippen LogP contribution in [0.15, 0.2) is 48.7 Å². The van der Waals surface area contributed by atoms with E-state index in [9.17, 15) is 4.79 Å². The van der Waals surface area contributed by atoms with Crippen LogP contribution in [0.2, 0.25) is 0 Å². The number of carbonyl (C=O) groups is 1. The van der Waals surface area contributed by atoms with E-state index in [4.69, 9.17) is 4.98 Å². The number of carbonyl (C=O) groups excluding carboxylic acids is 1. The number of aromatic nitrogens is 2. The fourth-order valence-electron chi connectivity index (χ4n) is 3.81. The number of aryl methyl sites for hydroxylation is 1. The number of likely N-dealkylation sites (tertiary alicyclic amines) is 1. The number of benzene rings is 1. The van der Waals surface area contributed by atoms with Crippen molar-refractivity contribution in [2.45, 2.75) is 32.6 Å². The first-order chi connectivity index (χ1) is 12.1. The molecule has 3 aromatic rings. The maximum atomic E-state index is 11.6. The lowest BCUT2D eigenvalue weighted by atomic mass is 9.96. The predicted octanol–water partition coefficient (Wildman–Crippen LogP) is 4.04. The van der Waals surface area contributed by atoms with E-state index in [0.29, 0.717) is 5.92 Å². The van der Waals surface area contributed by atoms with Crippen molar-refractivity contribution < 1.29 is 4.79 Å². The Hall–Kier alpha value is -2.62. The zero-order valence-corrected chi connectivity index (χ0v) is 14.8. The highest BCUT2D eigenvalue weighted by molar-refractivity contribution is 5.78. The molecule has 0 aliphatic carbocycles. The lowest BCUT2D eigenvalue weighted by Gasteiger charge is -2.30. The number of fused-ring (bicyclic) bond motifs is 1. The summed E-state index contributed by atoms with van der Waals surface area (Å²) in [6, 6.07) is 14.8. The van der Waals surface area contributed by atoms with Crippen LogP contribution >= 0.6 is 0 Å². The Kier molecular flexibility index (Phi) is 4.04. The zero-order chi connectivity index (χ0) is 17.4. The molecule has 0 saturated carbocycles. The van der Waals surface area contributed by atoms with E-state index < -0.39 is 0 Å². The van der Waals surface area contributed by atoms with Gasteiger partial charge >= 0.3 is 0 Å². The Balaban J connectivity index is 1.75. The second-order valence-corrected chi connectivity index (χ2v) is 6.92. The van der Waals surface area contributed by atoms with E-state index in [0.717, 1.165) is 48.5 Å². The summed E-state index contributed by atoms with van der Waals surface area (Å²) < 4.78 is 2.23. The van der Waals surface area contributed by atoms with Crippen LogP contribution < -0.4 is 0 Å². The first-order valence-electron chi connectivity index (χ1n) is 8.93. The molecule has 0 radical (unpaired) electrons. The minimum absolute atomic E-state index is 0.173. The van der Waals surface area contributed by atoms with Crippen LogP contribution in [0.4, 0.5) is 0 Å². The highest BCUT2D eigenvalue weighted by Crippen LogP contribution is 2.32. The third-order valence-electron chi connectivity index (χ3n) is 5.17. The highest BCUT2D eigenvalue weighted by atomic mass is 16.2. The van der Waals surface area contributed by atoms with Crippen LogP contribution in [0.3, 0.4) is 0 Å². The third kappa shape index (κ3) is 2.93. The second kappa shape index (κ2) is 6.36. The summed E-state index contributed by atoms with van der Waals surface area (Å²) in [6.07, 6.45) is 4.05. The monoisotopic (exact) mass is 333 g/mol. The Labute approximate surface area is 148 Å². The SMILES string of the molecule is CC(=O)N1CCC(c2nc(-c3cccc(C)c3)c3ccccn23)CC1. The van der Waals surface area contributed by atoms with Gasteiger partial charge in [0.1, 0.15) is 5.82 Å². The van der Waals surface area contributed by atoms with Gasteiger partial charge in [0, 0.05) is 37.7 Å². The summed E-state index contributed by atoms with van der Waals surface area (Å²) in [7, 11) is 0. The molecule has 0 bridgehead atoms. The predicted molar refractivity (Wildman–Crippen MR) is 99.6 cm³/mol. The summed E-state index contributed by atoms with van der Waals surface area (Å²) >= 11 is 0. The lowest BCUT2D eigenvalue weighted by molar-refractivity contribution is -0.129. The van der Waals surface area contributed by atoms with Gasteiger partial charge in [-0.25, -0.2) is 4.98 Å². The molecule has 1 aliphatic heterocycles. The van der Waals surface area contributed by atoms with Crippen molar-refractivity contribution in [2.75, 3.05) is 13.1 Å². The topological polar surface area (TPSA) is 37.6 Å². The van der Waals surface area contributed by atoms with E-state index in [1.807, 2.05) is 4.90 Å². The van der Waals surface area contributed by atoms with E-state index in [-0.39, 0.29) is 5.91 Å². The first-order valence-corrected chi connectivity index (χ1v) is 8.93. The molecular formula is C21H23N3O. The number of rotatable bonds is 2. The Morgan fingerprint density at radius 3 is 2.64 bits per heavy atom. The molecule has 0 unspecified atom stereocenters. The van der Waals surface area contributed by atoms with E-state index >= 15 is 0 Å². The molecule has 128 valence electrons. The number of pyridine rings is 1. The Morgan fingerprint density at radius 1 is 1.12 bits per heavy atom. The average Bonchev–Trinajstić information content (AvgIpc) is 3.01. The van der Waals surface area contributed by atoms with Crippen molar-refractivity contribution in [3.8, 4) is 11.3 Å². The van der Waals surface area contributed by atoms with Crippen molar-refractivity contribution in [1.82, 2.24) is 14.3 Å². The van der Waals surface area contributed by atoms with Gasteiger partial charge in [-0.2, -0.15) is 0 Å². The number of nitrogens with zero attached hydrogens (tertiary/aromatic N) is 3. The number of piperidine rings is 1. The molecule has 4 nitrogen and oxygen atoms in total. The smallest absolute Gasteiger partial charge is 0.219 e. The number of imidazole rings is 1. The van der Waals surface area contributed by atoms with Gasteiger partial charge in [-0.1, -0.05) is 29.8 Å². The molecule has 1 fully saturated rings. The number of hydrogen-bond acceptors (Lipinski definition) is 2. The summed E-state index contributed by atoms with van der Waals surface area (Å²) in [6.45, 7) is 5.41. The largest absolute Gasteiger partial charge is 0.343 e. The number of hydrogen-bond donors (Lipinski definition) is 0. The normalized spacial score (nSPS) is 15.7. The van der Waals surface area contributed by atoms with Crippen LogP contribution in [-0.2, 0) is 4.79 Å². The molecule has 1 saturated heterocycles. The van der Waals surface area contributed by atoms with Crippen molar-refractivity contribution in [1.29, 1.82) is 0 Å². The van der Waals surface area contributed by atoms with Gasteiger partial charge in [0.25, 0.3) is 0 Å². The van der Waals surface area contributed by atoms with Gasteiger partial charge in [-0.3, -0.25) is 4.79 Å². The quantitative estimate of drug-likeness (QED) is 0.710. The first kappa shape index (κ1) is 15.9. The maximum Gasteiger partial charge on any atom is 0.219 e. The summed E-state index contributed by atoms with van der Waals surface area (Å²) in [5, 5.41) is 0. The summed E-state index contributed by atoms with van der Waals surface area (Å²) in [5.41, 5.74) is 4.60. The average molecular weight is 333 g/mol. The van der Waals surface area contributed by atoms with E-state index in [1.165, 1.54) is 5.56 Å². The molecule has 1 aliphatic rings. The molecule has 4 rings (SSSR count).